The van der Waals surface area contributed by atoms with E-state index in [1.54, 1.807) is 11.8 Å². The van der Waals surface area contributed by atoms with Crippen molar-refractivity contribution in [2.45, 2.75) is 102 Å². The number of primary amides is 1. The first kappa shape index (κ1) is 25.6. The summed E-state index contributed by atoms with van der Waals surface area (Å²) in [5, 5.41) is 9.71. The first-order valence-corrected chi connectivity index (χ1v) is 11.0. The third-order valence-electron chi connectivity index (χ3n) is 4.48. The van der Waals surface area contributed by atoms with E-state index in [9.17, 15) is 23.1 Å². The van der Waals surface area contributed by atoms with Gasteiger partial charge in [-0.05, 0) is 44.1 Å². The van der Waals surface area contributed by atoms with Gasteiger partial charge in [0.2, 0.25) is 5.91 Å². The molecule has 0 aromatic heterocycles. The van der Waals surface area contributed by atoms with Crippen LogP contribution in [0.1, 0.15) is 90.4 Å². The summed E-state index contributed by atoms with van der Waals surface area (Å²) in [5.41, 5.74) is 3.74. The predicted octanol–water partition coefficient (Wildman–Crippen LogP) is 5.59. The molecule has 3 nitrogen and oxygen atoms in total. The number of carbonyl (C=O) groups excluding carboxylic acids is 1. The molecule has 0 aromatic rings. The fourth-order valence-electron chi connectivity index (χ4n) is 2.67. The molecule has 0 rings (SSSR count). The van der Waals surface area contributed by atoms with Crippen LogP contribution < -0.4 is 5.73 Å². The first-order chi connectivity index (χ1) is 12.2. The Bertz CT molecular complexity index is 363. The largest absolute Gasteiger partial charge is 0.389 e. The molecule has 1 atom stereocenters. The molecule has 0 aromatic carbocycles. The van der Waals surface area contributed by atoms with Crippen LogP contribution in [-0.4, -0.2) is 34.3 Å². The molecule has 0 aliphatic heterocycles. The summed E-state index contributed by atoms with van der Waals surface area (Å²) in [4.78, 5) is 11.0. The lowest BCUT2D eigenvalue weighted by atomic mass is 9.97. The Labute approximate surface area is 160 Å². The zero-order chi connectivity index (χ0) is 19.9. The maximum absolute atomic E-state index is 12.0. The van der Waals surface area contributed by atoms with E-state index in [2.05, 4.69) is 0 Å². The molecule has 3 N–H and O–H groups in total. The van der Waals surface area contributed by atoms with Crippen LogP contribution in [0, 0.1) is 0 Å². The molecule has 0 heterocycles. The van der Waals surface area contributed by atoms with Gasteiger partial charge in [-0.15, -0.1) is 0 Å². The van der Waals surface area contributed by atoms with E-state index in [0.717, 1.165) is 37.2 Å². The minimum Gasteiger partial charge on any atom is -0.380 e. The van der Waals surface area contributed by atoms with Crippen molar-refractivity contribution in [2.24, 2.45) is 5.73 Å². The molecular weight excluding hydrogens is 363 g/mol. The quantitative estimate of drug-likeness (QED) is 0.313. The first-order valence-electron chi connectivity index (χ1n) is 9.82. The van der Waals surface area contributed by atoms with Gasteiger partial charge in [0.25, 0.3) is 0 Å². The van der Waals surface area contributed by atoms with Crippen molar-refractivity contribution in [2.75, 3.05) is 11.5 Å². The maximum Gasteiger partial charge on any atom is 0.389 e. The van der Waals surface area contributed by atoms with E-state index in [1.165, 1.54) is 39.0 Å². The van der Waals surface area contributed by atoms with Gasteiger partial charge in [-0.3, -0.25) is 4.79 Å². The Balaban J connectivity index is 3.19. The number of alkyl halides is 3. The van der Waals surface area contributed by atoms with Crippen molar-refractivity contribution in [3.05, 3.63) is 0 Å². The lowest BCUT2D eigenvalue weighted by molar-refractivity contribution is -0.136. The number of hydrogen-bond acceptors (Lipinski definition) is 3. The van der Waals surface area contributed by atoms with Crippen LogP contribution in [0.2, 0.25) is 0 Å². The van der Waals surface area contributed by atoms with E-state index in [1.807, 2.05) is 0 Å². The van der Waals surface area contributed by atoms with Crippen LogP contribution in [0.15, 0.2) is 0 Å². The minimum atomic E-state index is -4.01. The highest BCUT2D eigenvalue weighted by molar-refractivity contribution is 7.99. The molecule has 1 unspecified atom stereocenters. The van der Waals surface area contributed by atoms with Crippen molar-refractivity contribution >= 4 is 17.7 Å². The zero-order valence-electron chi connectivity index (χ0n) is 16.1. The number of hydrogen-bond donors (Lipinski definition) is 2. The molecule has 156 valence electrons. The molecule has 0 radical (unpaired) electrons. The van der Waals surface area contributed by atoms with Crippen LogP contribution in [0.5, 0.6) is 0 Å². The van der Waals surface area contributed by atoms with Crippen LogP contribution in [0.4, 0.5) is 13.2 Å². The fourth-order valence-corrected chi connectivity index (χ4v) is 3.69. The lowest BCUT2D eigenvalue weighted by Crippen LogP contribution is -2.40. The van der Waals surface area contributed by atoms with Gasteiger partial charge in [-0.25, -0.2) is 0 Å². The number of aliphatic hydroxyl groups is 1. The van der Waals surface area contributed by atoms with E-state index in [0.29, 0.717) is 12.8 Å². The number of unbranched alkanes of at least 4 members (excludes halogenated alkanes) is 9. The molecule has 0 bridgehead atoms. The minimum absolute atomic E-state index is 0.247. The summed E-state index contributed by atoms with van der Waals surface area (Å²) in [7, 11) is 0. The van der Waals surface area contributed by atoms with Crippen molar-refractivity contribution in [1.29, 1.82) is 0 Å². The number of halogens is 3. The second kappa shape index (κ2) is 14.6. The average molecular weight is 400 g/mol. The number of rotatable bonds is 17. The van der Waals surface area contributed by atoms with Gasteiger partial charge in [0.1, 0.15) is 5.60 Å². The third-order valence-corrected chi connectivity index (χ3v) is 5.64. The Morgan fingerprint density at radius 3 is 1.65 bits per heavy atom. The van der Waals surface area contributed by atoms with Gasteiger partial charge in [0, 0.05) is 6.42 Å². The van der Waals surface area contributed by atoms with E-state index in [4.69, 9.17) is 5.73 Å². The highest BCUT2D eigenvalue weighted by Gasteiger charge is 2.26. The second-order valence-corrected chi connectivity index (χ2v) is 8.48. The average Bonchev–Trinajstić information content (AvgIpc) is 2.53. The van der Waals surface area contributed by atoms with Crippen molar-refractivity contribution < 1.29 is 23.1 Å². The van der Waals surface area contributed by atoms with Crippen LogP contribution >= 0.6 is 11.8 Å². The van der Waals surface area contributed by atoms with Gasteiger partial charge in [0.15, 0.2) is 0 Å². The van der Waals surface area contributed by atoms with Gasteiger partial charge < -0.3 is 10.8 Å². The maximum atomic E-state index is 12.0. The smallest absolute Gasteiger partial charge is 0.380 e. The molecule has 26 heavy (non-hydrogen) atoms. The monoisotopic (exact) mass is 399 g/mol. The molecule has 1 amide bonds. The standard InChI is InChI=1S/C19H36F3NO2S/c1-18(25,17(23)24)13-9-7-5-3-2-4-6-8-11-15-26-16-12-10-14-19(20,21)22/h25H,2-16H2,1H3,(H2,23,24). The molecule has 7 heteroatoms. The zero-order valence-corrected chi connectivity index (χ0v) is 16.9. The molecule has 0 spiro atoms. The van der Waals surface area contributed by atoms with Crippen molar-refractivity contribution in [1.82, 2.24) is 0 Å². The van der Waals surface area contributed by atoms with E-state index < -0.39 is 24.1 Å². The Kier molecular flexibility index (Phi) is 14.4. The SMILES string of the molecule is CC(O)(CCCCCCCCCCCSCCCCC(F)(F)F)C(N)=O. The molecular formula is C19H36F3NO2S. The van der Waals surface area contributed by atoms with Crippen LogP contribution in [0.25, 0.3) is 0 Å². The van der Waals surface area contributed by atoms with Crippen molar-refractivity contribution in [3.63, 3.8) is 0 Å². The topological polar surface area (TPSA) is 63.3 Å². The van der Waals surface area contributed by atoms with Gasteiger partial charge in [0.05, 0.1) is 0 Å². The lowest BCUT2D eigenvalue weighted by Gasteiger charge is -2.18. The molecule has 0 aliphatic rings. The van der Waals surface area contributed by atoms with Crippen molar-refractivity contribution in [3.8, 4) is 0 Å². The van der Waals surface area contributed by atoms with Crippen LogP contribution in [0.3, 0.4) is 0 Å². The number of nitrogens with two attached hydrogens (primary N) is 1. The Hall–Kier alpha value is -0.430. The number of carbonyl (C=O) groups is 1. The van der Waals surface area contributed by atoms with Gasteiger partial charge >= 0.3 is 6.18 Å². The second-order valence-electron chi connectivity index (χ2n) is 7.25. The third kappa shape index (κ3) is 17.0. The molecule has 0 aliphatic carbocycles. The summed E-state index contributed by atoms with van der Waals surface area (Å²) < 4.78 is 35.9. The van der Waals surface area contributed by atoms with Gasteiger partial charge in [-0.1, -0.05) is 51.4 Å². The number of amides is 1. The highest BCUT2D eigenvalue weighted by atomic mass is 32.2. The Morgan fingerprint density at radius 1 is 0.808 bits per heavy atom. The number of thioether (sulfide) groups is 1. The highest BCUT2D eigenvalue weighted by Crippen LogP contribution is 2.23. The van der Waals surface area contributed by atoms with E-state index >= 15 is 0 Å². The van der Waals surface area contributed by atoms with E-state index in [-0.39, 0.29) is 6.42 Å². The van der Waals surface area contributed by atoms with Crippen LogP contribution in [-0.2, 0) is 4.79 Å². The normalized spacial score (nSPS) is 14.3. The summed E-state index contributed by atoms with van der Waals surface area (Å²) in [6, 6.07) is 0. The summed E-state index contributed by atoms with van der Waals surface area (Å²) in [5.74, 6) is 1.22. The molecule has 0 fully saturated rings. The molecule has 0 saturated heterocycles. The summed E-state index contributed by atoms with van der Waals surface area (Å²) >= 11 is 1.76. The van der Waals surface area contributed by atoms with Gasteiger partial charge in [-0.2, -0.15) is 24.9 Å². The summed E-state index contributed by atoms with van der Waals surface area (Å²) in [6.07, 6.45) is 6.75. The summed E-state index contributed by atoms with van der Waals surface area (Å²) in [6.45, 7) is 1.47. The Morgan fingerprint density at radius 2 is 1.19 bits per heavy atom. The molecule has 0 saturated carbocycles. The fraction of sp³-hybridized carbons (Fsp3) is 0.947. The predicted molar refractivity (Wildman–Crippen MR) is 103 cm³/mol.